The molecule has 5 heterocycles. The number of rotatable bonds is 9. The number of thiophene rings is 2. The molecule has 0 unspecified atom stereocenters. The predicted molar refractivity (Wildman–Crippen MR) is 314 cm³/mol. The van der Waals surface area contributed by atoms with Gasteiger partial charge in [-0.1, -0.05) is 139 Å². The molecule has 1 aliphatic carbocycles. The summed E-state index contributed by atoms with van der Waals surface area (Å²) in [7, 11) is 0. The third-order valence-electron chi connectivity index (χ3n) is 16.9. The van der Waals surface area contributed by atoms with E-state index in [4.69, 9.17) is 4.42 Å². The highest BCUT2D eigenvalue weighted by molar-refractivity contribution is 7.33. The molecule has 0 radical (unpaired) electrons. The molecule has 3 nitrogen and oxygen atoms in total. The van der Waals surface area contributed by atoms with Crippen LogP contribution in [-0.2, 0) is 23.7 Å². The van der Waals surface area contributed by atoms with Crippen LogP contribution in [0.4, 0.5) is 28.4 Å². The summed E-state index contributed by atoms with van der Waals surface area (Å²) >= 11 is 3.93. The molecular formula is C66H59BN2OS2. The van der Waals surface area contributed by atoms with E-state index in [2.05, 4.69) is 203 Å². The first-order valence-corrected chi connectivity index (χ1v) is 28.2. The molecule has 11 aromatic rings. The molecule has 0 spiro atoms. The van der Waals surface area contributed by atoms with Gasteiger partial charge in [-0.25, -0.2) is 0 Å². The van der Waals surface area contributed by atoms with Crippen LogP contribution >= 0.6 is 22.7 Å². The van der Waals surface area contributed by atoms with Crippen LogP contribution in [0.1, 0.15) is 102 Å². The van der Waals surface area contributed by atoms with Crippen molar-refractivity contribution in [2.24, 2.45) is 0 Å². The Morgan fingerprint density at radius 2 is 1.22 bits per heavy atom. The highest BCUT2D eigenvalue weighted by Crippen LogP contribution is 2.58. The molecule has 14 rings (SSSR count). The second-order valence-corrected chi connectivity index (χ2v) is 24.4. The molecule has 3 aromatic heterocycles. The van der Waals surface area contributed by atoms with Crippen molar-refractivity contribution in [3.63, 3.8) is 0 Å². The molecule has 72 heavy (non-hydrogen) atoms. The lowest BCUT2D eigenvalue weighted by molar-refractivity contribution is 0.332. The van der Waals surface area contributed by atoms with Gasteiger partial charge in [-0.15, -0.1) is 22.7 Å². The Hall–Kier alpha value is -6.60. The van der Waals surface area contributed by atoms with Gasteiger partial charge in [0.15, 0.2) is 0 Å². The summed E-state index contributed by atoms with van der Waals surface area (Å²) in [5.74, 6) is 0. The summed E-state index contributed by atoms with van der Waals surface area (Å²) in [6, 6.07) is 58.7. The van der Waals surface area contributed by atoms with Gasteiger partial charge in [-0.2, -0.15) is 0 Å². The van der Waals surface area contributed by atoms with Crippen molar-refractivity contribution in [3.05, 3.63) is 174 Å². The van der Waals surface area contributed by atoms with E-state index < -0.39 is 0 Å². The monoisotopic (exact) mass is 970 g/mol. The molecule has 2 aliphatic heterocycles. The fraction of sp³-hybridized carbons (Fsp3) is 0.242. The summed E-state index contributed by atoms with van der Waals surface area (Å²) in [5, 5.41) is 6.34. The number of anilines is 5. The maximum Gasteiger partial charge on any atom is 0.343 e. The number of aryl methyl sites for hydroxylation is 2. The van der Waals surface area contributed by atoms with Crippen molar-refractivity contribution in [3.8, 4) is 22.3 Å². The van der Waals surface area contributed by atoms with Gasteiger partial charge in [0.1, 0.15) is 11.2 Å². The quantitative estimate of drug-likeness (QED) is 0.134. The molecule has 354 valence electrons. The average Bonchev–Trinajstić information content (AvgIpc) is 4.10. The molecule has 3 aliphatic rings. The third-order valence-corrected chi connectivity index (χ3v) is 19.3. The minimum absolute atomic E-state index is 0.0435. The molecule has 6 heteroatoms. The van der Waals surface area contributed by atoms with Crippen molar-refractivity contribution < 1.29 is 4.42 Å². The second kappa shape index (κ2) is 16.5. The third kappa shape index (κ3) is 6.53. The lowest BCUT2D eigenvalue weighted by Crippen LogP contribution is -2.60. The van der Waals surface area contributed by atoms with E-state index in [0.29, 0.717) is 0 Å². The largest absolute Gasteiger partial charge is 0.456 e. The fourth-order valence-electron chi connectivity index (χ4n) is 12.9. The van der Waals surface area contributed by atoms with E-state index >= 15 is 0 Å². The molecule has 0 bridgehead atoms. The first kappa shape index (κ1) is 44.1. The van der Waals surface area contributed by atoms with E-state index in [9.17, 15) is 0 Å². The van der Waals surface area contributed by atoms with E-state index in [0.717, 1.165) is 36.8 Å². The SMILES string of the molecule is CCCCc1ccc(N2B3c4sc5ccccc5c4N(c4ccc(CCCC)cc4-c4ccccc4)c4cc5c(sc6ccccc65)c(c43)-c3ccc4oc5cc6c(cc5c4c32)C(C)(C)CCC6(C)C)cc1. The van der Waals surface area contributed by atoms with E-state index in [1.807, 2.05) is 22.7 Å². The maximum absolute atomic E-state index is 7.18. The zero-order chi connectivity index (χ0) is 48.6. The molecule has 0 amide bonds. The molecule has 0 saturated heterocycles. The van der Waals surface area contributed by atoms with Crippen LogP contribution in [0.5, 0.6) is 0 Å². The van der Waals surface area contributed by atoms with Crippen LogP contribution in [-0.4, -0.2) is 6.85 Å². The lowest BCUT2D eigenvalue weighted by Gasteiger charge is -2.45. The van der Waals surface area contributed by atoms with E-state index in [1.54, 1.807) is 0 Å². The number of hydrogen-bond acceptors (Lipinski definition) is 5. The van der Waals surface area contributed by atoms with E-state index in [1.165, 1.54) is 150 Å². The Bertz CT molecular complexity index is 3990. The average molecular weight is 971 g/mol. The van der Waals surface area contributed by atoms with Crippen LogP contribution in [0, 0.1) is 0 Å². The summed E-state index contributed by atoms with van der Waals surface area (Å²) in [6.07, 6.45) is 9.15. The normalized spacial score (nSPS) is 15.4. The molecule has 0 saturated carbocycles. The number of hydrogen-bond donors (Lipinski definition) is 0. The van der Waals surface area contributed by atoms with Crippen LogP contribution in [0.2, 0.25) is 0 Å². The van der Waals surface area contributed by atoms with Gasteiger partial charge in [0.2, 0.25) is 0 Å². The van der Waals surface area contributed by atoms with Gasteiger partial charge in [-0.3, -0.25) is 0 Å². The number of benzene rings is 8. The molecule has 0 atom stereocenters. The molecule has 0 fully saturated rings. The number of unbranched alkanes of at least 4 members (excludes halogenated alkanes) is 2. The Morgan fingerprint density at radius 1 is 0.556 bits per heavy atom. The number of nitrogens with zero attached hydrogens (tertiary/aromatic N) is 2. The zero-order valence-corrected chi connectivity index (χ0v) is 43.9. The van der Waals surface area contributed by atoms with Crippen LogP contribution in [0.3, 0.4) is 0 Å². The van der Waals surface area contributed by atoms with Crippen molar-refractivity contribution in [1.29, 1.82) is 0 Å². The van der Waals surface area contributed by atoms with Crippen LogP contribution < -0.4 is 20.0 Å². The predicted octanol–water partition coefficient (Wildman–Crippen LogP) is 18.6. The van der Waals surface area contributed by atoms with Gasteiger partial charge >= 0.3 is 6.85 Å². The highest BCUT2D eigenvalue weighted by atomic mass is 32.1. The first-order chi connectivity index (χ1) is 35.1. The summed E-state index contributed by atoms with van der Waals surface area (Å²) < 4.78 is 12.5. The standard InChI is InChI=1S/C66H59BN2OS2/c1-7-9-18-40-26-29-43(30-27-40)69-61-46(31-33-54-58(61)49-37-50-51(39-55(49)70-54)66(5,6)35-34-65(50,3)4)59-60-53(38-48-44-22-14-16-24-56(44)71-63(48)59)68(62-45-23-15-17-25-57(45)72-64(62)67(60)69)52-32-28-41(19-10-8-2)36-47(52)42-20-12-11-13-21-42/h11-17,20-33,36-39H,7-10,18-19,34-35H2,1-6H3. The van der Waals surface area contributed by atoms with Gasteiger partial charge in [-0.05, 0) is 149 Å². The van der Waals surface area contributed by atoms with Crippen LogP contribution in [0.15, 0.2) is 156 Å². The van der Waals surface area contributed by atoms with Crippen molar-refractivity contribution in [2.45, 2.75) is 104 Å². The fourth-order valence-corrected chi connectivity index (χ4v) is 15.5. The van der Waals surface area contributed by atoms with Crippen molar-refractivity contribution in [2.75, 3.05) is 9.71 Å². The Morgan fingerprint density at radius 3 is 1.97 bits per heavy atom. The molecule has 0 N–H and O–H groups in total. The van der Waals surface area contributed by atoms with Gasteiger partial charge in [0.25, 0.3) is 0 Å². The van der Waals surface area contributed by atoms with Gasteiger partial charge in [0, 0.05) is 74.2 Å². The Labute approximate surface area is 431 Å². The van der Waals surface area contributed by atoms with Crippen molar-refractivity contribution in [1.82, 2.24) is 0 Å². The first-order valence-electron chi connectivity index (χ1n) is 26.5. The summed E-state index contributed by atoms with van der Waals surface area (Å²) in [5.41, 5.74) is 20.4. The smallest absolute Gasteiger partial charge is 0.343 e. The minimum atomic E-state index is -0.130. The Kier molecular flexibility index (Phi) is 10.1. The molecular weight excluding hydrogens is 912 g/mol. The zero-order valence-electron chi connectivity index (χ0n) is 42.3. The highest BCUT2D eigenvalue weighted by Gasteiger charge is 2.49. The van der Waals surface area contributed by atoms with Gasteiger partial charge < -0.3 is 14.1 Å². The second-order valence-electron chi connectivity index (χ2n) is 22.3. The number of furan rings is 1. The van der Waals surface area contributed by atoms with E-state index in [-0.39, 0.29) is 17.7 Å². The maximum atomic E-state index is 7.18. The van der Waals surface area contributed by atoms with Crippen LogP contribution in [0.25, 0.3) is 74.5 Å². The topological polar surface area (TPSA) is 19.6 Å². The molecule has 8 aromatic carbocycles. The number of fused-ring (bicyclic) bond motifs is 15. The van der Waals surface area contributed by atoms with Gasteiger partial charge in [0.05, 0.1) is 16.8 Å². The Balaban J connectivity index is 1.15. The lowest BCUT2D eigenvalue weighted by atomic mass is 9.46. The summed E-state index contributed by atoms with van der Waals surface area (Å²) in [6.45, 7) is 14.2. The minimum Gasteiger partial charge on any atom is -0.456 e. The van der Waals surface area contributed by atoms with Crippen molar-refractivity contribution >= 4 is 120 Å². The summed E-state index contributed by atoms with van der Waals surface area (Å²) in [4.78, 5) is 5.45.